The van der Waals surface area contributed by atoms with Crippen LogP contribution in [-0.4, -0.2) is 15.1 Å². The zero-order valence-corrected chi connectivity index (χ0v) is 7.65. The number of hydrogen-bond donors (Lipinski definition) is 1. The van der Waals surface area contributed by atoms with Gasteiger partial charge in [-0.15, -0.1) is 0 Å². The lowest BCUT2D eigenvalue weighted by Gasteiger charge is -2.05. The first-order valence-electron chi connectivity index (χ1n) is 4.11. The van der Waals surface area contributed by atoms with Gasteiger partial charge in [-0.2, -0.15) is 0 Å². The molecular weight excluding hydrogens is 152 g/mol. The van der Waals surface area contributed by atoms with E-state index >= 15 is 0 Å². The van der Waals surface area contributed by atoms with Gasteiger partial charge >= 0.3 is 0 Å². The van der Waals surface area contributed by atoms with Crippen molar-refractivity contribution in [2.24, 2.45) is 0 Å². The molecule has 12 heavy (non-hydrogen) atoms. The first-order chi connectivity index (χ1) is 5.61. The van der Waals surface area contributed by atoms with Gasteiger partial charge in [-0.05, 0) is 18.4 Å². The Bertz CT molecular complexity index is 214. The average Bonchev–Trinajstić information content (AvgIpc) is 2.04. The molecule has 0 aliphatic heterocycles. The summed E-state index contributed by atoms with van der Waals surface area (Å²) in [5.41, 5.74) is 1.10. The Kier molecular flexibility index (Phi) is 2.76. The minimum Gasteiger partial charge on any atom is -0.385 e. The molecule has 0 fully saturated rings. The second-order valence-corrected chi connectivity index (χ2v) is 3.21. The zero-order valence-electron chi connectivity index (χ0n) is 7.65. The smallest absolute Gasteiger partial charge is 0.156 e. The Morgan fingerprint density at radius 2 is 1.67 bits per heavy atom. The SMILES string of the molecule is CC(C)c1cnc(C(C)O)nc1. The molecule has 1 atom stereocenters. The molecule has 3 heteroatoms. The number of rotatable bonds is 2. The van der Waals surface area contributed by atoms with Gasteiger partial charge in [0.25, 0.3) is 0 Å². The summed E-state index contributed by atoms with van der Waals surface area (Å²) in [5, 5.41) is 9.13. The third-order valence-corrected chi connectivity index (χ3v) is 1.73. The maximum absolute atomic E-state index is 9.13. The minimum atomic E-state index is -0.578. The number of aromatic nitrogens is 2. The normalized spacial score (nSPS) is 13.4. The van der Waals surface area contributed by atoms with Crippen molar-refractivity contribution in [1.82, 2.24) is 9.97 Å². The Morgan fingerprint density at radius 3 is 2.00 bits per heavy atom. The van der Waals surface area contributed by atoms with Crippen LogP contribution in [0.15, 0.2) is 12.4 Å². The van der Waals surface area contributed by atoms with Crippen LogP contribution in [0, 0.1) is 0 Å². The summed E-state index contributed by atoms with van der Waals surface area (Å²) in [4.78, 5) is 8.08. The lowest BCUT2D eigenvalue weighted by atomic mass is 10.1. The molecule has 0 radical (unpaired) electrons. The predicted molar refractivity (Wildman–Crippen MR) is 46.8 cm³/mol. The van der Waals surface area contributed by atoms with E-state index in [4.69, 9.17) is 5.11 Å². The summed E-state index contributed by atoms with van der Waals surface area (Å²) in [5.74, 6) is 0.924. The quantitative estimate of drug-likeness (QED) is 0.726. The van der Waals surface area contributed by atoms with Crippen LogP contribution >= 0.6 is 0 Å². The molecule has 0 bridgehead atoms. The van der Waals surface area contributed by atoms with Gasteiger partial charge in [-0.25, -0.2) is 9.97 Å². The van der Waals surface area contributed by atoms with Crippen molar-refractivity contribution in [3.8, 4) is 0 Å². The molecule has 3 nitrogen and oxygen atoms in total. The second-order valence-electron chi connectivity index (χ2n) is 3.21. The summed E-state index contributed by atoms with van der Waals surface area (Å²) < 4.78 is 0. The molecule has 0 saturated carbocycles. The zero-order chi connectivity index (χ0) is 9.14. The summed E-state index contributed by atoms with van der Waals surface area (Å²) in [6.45, 7) is 5.83. The van der Waals surface area contributed by atoms with Crippen LogP contribution in [0.5, 0.6) is 0 Å². The first-order valence-corrected chi connectivity index (χ1v) is 4.11. The summed E-state index contributed by atoms with van der Waals surface area (Å²) in [7, 11) is 0. The fourth-order valence-electron chi connectivity index (χ4n) is 0.862. The highest BCUT2D eigenvalue weighted by atomic mass is 16.3. The fourth-order valence-corrected chi connectivity index (χ4v) is 0.862. The summed E-state index contributed by atoms with van der Waals surface area (Å²) in [6, 6.07) is 0. The van der Waals surface area contributed by atoms with Crippen LogP contribution in [0.3, 0.4) is 0 Å². The Hall–Kier alpha value is -0.960. The Labute approximate surface area is 72.5 Å². The molecule has 1 aromatic heterocycles. The van der Waals surface area contributed by atoms with E-state index in [1.807, 2.05) is 0 Å². The molecule has 1 unspecified atom stereocenters. The Morgan fingerprint density at radius 1 is 1.17 bits per heavy atom. The van der Waals surface area contributed by atoms with Gasteiger partial charge in [-0.1, -0.05) is 13.8 Å². The van der Waals surface area contributed by atoms with Crippen molar-refractivity contribution in [3.63, 3.8) is 0 Å². The summed E-state index contributed by atoms with van der Waals surface area (Å²) in [6.07, 6.45) is 2.95. The maximum Gasteiger partial charge on any atom is 0.156 e. The third-order valence-electron chi connectivity index (χ3n) is 1.73. The van der Waals surface area contributed by atoms with Crippen LogP contribution in [0.4, 0.5) is 0 Å². The van der Waals surface area contributed by atoms with Gasteiger partial charge in [0.15, 0.2) is 5.82 Å². The van der Waals surface area contributed by atoms with E-state index in [9.17, 15) is 0 Å². The standard InChI is InChI=1S/C9H14N2O/c1-6(2)8-4-10-9(7(3)12)11-5-8/h4-7,12H,1-3H3. The monoisotopic (exact) mass is 166 g/mol. The van der Waals surface area contributed by atoms with Crippen LogP contribution < -0.4 is 0 Å². The highest BCUT2D eigenvalue weighted by molar-refractivity contribution is 5.10. The molecule has 0 spiro atoms. The van der Waals surface area contributed by atoms with Crippen molar-refractivity contribution >= 4 is 0 Å². The van der Waals surface area contributed by atoms with Crippen molar-refractivity contribution in [2.45, 2.75) is 32.8 Å². The number of aliphatic hydroxyl groups is 1. The van der Waals surface area contributed by atoms with E-state index < -0.39 is 6.10 Å². The second kappa shape index (κ2) is 3.63. The topological polar surface area (TPSA) is 46.0 Å². The van der Waals surface area contributed by atoms with Crippen molar-refractivity contribution in [2.75, 3.05) is 0 Å². The first kappa shape index (κ1) is 9.13. The van der Waals surface area contributed by atoms with Crippen molar-refractivity contribution in [3.05, 3.63) is 23.8 Å². The largest absolute Gasteiger partial charge is 0.385 e. The molecule has 0 amide bonds. The van der Waals surface area contributed by atoms with Crippen LogP contribution in [-0.2, 0) is 0 Å². The molecule has 0 aliphatic rings. The number of hydrogen-bond acceptors (Lipinski definition) is 3. The van der Waals surface area contributed by atoms with Gasteiger partial charge < -0.3 is 5.11 Å². The lowest BCUT2D eigenvalue weighted by molar-refractivity contribution is 0.188. The Balaban J connectivity index is 2.86. The predicted octanol–water partition coefficient (Wildman–Crippen LogP) is 1.65. The lowest BCUT2D eigenvalue weighted by Crippen LogP contribution is -2.00. The fraction of sp³-hybridized carbons (Fsp3) is 0.556. The van der Waals surface area contributed by atoms with E-state index in [0.29, 0.717) is 11.7 Å². The molecule has 1 aromatic rings. The van der Waals surface area contributed by atoms with E-state index in [2.05, 4.69) is 23.8 Å². The molecule has 66 valence electrons. The van der Waals surface area contributed by atoms with Gasteiger partial charge in [0.1, 0.15) is 6.10 Å². The van der Waals surface area contributed by atoms with Gasteiger partial charge in [-0.3, -0.25) is 0 Å². The van der Waals surface area contributed by atoms with Crippen molar-refractivity contribution in [1.29, 1.82) is 0 Å². The van der Waals surface area contributed by atoms with E-state index in [0.717, 1.165) is 5.56 Å². The van der Waals surface area contributed by atoms with Crippen molar-refractivity contribution < 1.29 is 5.11 Å². The molecule has 0 saturated heterocycles. The van der Waals surface area contributed by atoms with Crippen LogP contribution in [0.2, 0.25) is 0 Å². The van der Waals surface area contributed by atoms with E-state index in [1.54, 1.807) is 19.3 Å². The van der Waals surface area contributed by atoms with Crippen LogP contribution in [0.25, 0.3) is 0 Å². The summed E-state index contributed by atoms with van der Waals surface area (Å²) >= 11 is 0. The van der Waals surface area contributed by atoms with Crippen LogP contribution in [0.1, 0.15) is 44.2 Å². The number of nitrogens with zero attached hydrogens (tertiary/aromatic N) is 2. The third kappa shape index (κ3) is 2.01. The maximum atomic E-state index is 9.13. The highest BCUT2D eigenvalue weighted by Gasteiger charge is 2.04. The molecule has 0 aliphatic carbocycles. The van der Waals surface area contributed by atoms with Gasteiger partial charge in [0.05, 0.1) is 0 Å². The molecule has 1 N–H and O–H groups in total. The van der Waals surface area contributed by atoms with E-state index in [-0.39, 0.29) is 0 Å². The minimum absolute atomic E-state index is 0.438. The van der Waals surface area contributed by atoms with Gasteiger partial charge in [0, 0.05) is 12.4 Å². The molecule has 1 heterocycles. The average molecular weight is 166 g/mol. The molecule has 1 rings (SSSR count). The van der Waals surface area contributed by atoms with Gasteiger partial charge in [0.2, 0.25) is 0 Å². The van der Waals surface area contributed by atoms with E-state index in [1.165, 1.54) is 0 Å². The highest BCUT2D eigenvalue weighted by Crippen LogP contribution is 2.12. The number of aliphatic hydroxyl groups excluding tert-OH is 1. The molecular formula is C9H14N2O. The molecule has 0 aromatic carbocycles.